The summed E-state index contributed by atoms with van der Waals surface area (Å²) in [6, 6.07) is 8.05. The van der Waals surface area contributed by atoms with Crippen LogP contribution in [-0.4, -0.2) is 23.1 Å². The minimum absolute atomic E-state index is 0.818. The van der Waals surface area contributed by atoms with Crippen LogP contribution in [0.2, 0.25) is 0 Å². The predicted octanol–water partition coefficient (Wildman–Crippen LogP) is 2.48. The van der Waals surface area contributed by atoms with E-state index >= 15 is 0 Å². The van der Waals surface area contributed by atoms with Crippen LogP contribution in [-0.2, 0) is 0 Å². The summed E-state index contributed by atoms with van der Waals surface area (Å²) in [5, 5.41) is 1.09. The largest absolute Gasteiger partial charge is 0.341 e. The van der Waals surface area contributed by atoms with Crippen molar-refractivity contribution in [2.24, 2.45) is 0 Å². The summed E-state index contributed by atoms with van der Waals surface area (Å²) in [5.74, 6) is 0.818. The molecule has 2 rings (SSSR count). The Morgan fingerprint density at radius 3 is 2.60 bits per heavy atom. The van der Waals surface area contributed by atoms with Gasteiger partial charge in [0, 0.05) is 24.7 Å². The standard InChI is InChI=1S/C12H15N3/c1-3-15(4-2)12-13-9-10-7-5-6-8-11(10)14-12/h5-9H,3-4H2,1-2H3. The van der Waals surface area contributed by atoms with E-state index in [1.807, 2.05) is 30.5 Å². The van der Waals surface area contributed by atoms with Gasteiger partial charge in [-0.05, 0) is 19.9 Å². The molecule has 0 spiro atoms. The molecular formula is C12H15N3. The van der Waals surface area contributed by atoms with Crippen LogP contribution in [0.25, 0.3) is 10.9 Å². The first-order valence-corrected chi connectivity index (χ1v) is 5.32. The highest BCUT2D eigenvalue weighted by Gasteiger charge is 2.05. The van der Waals surface area contributed by atoms with Gasteiger partial charge in [-0.3, -0.25) is 0 Å². The van der Waals surface area contributed by atoms with E-state index in [1.54, 1.807) is 0 Å². The molecule has 15 heavy (non-hydrogen) atoms. The summed E-state index contributed by atoms with van der Waals surface area (Å²) in [6.45, 7) is 6.10. The van der Waals surface area contributed by atoms with Crippen molar-refractivity contribution < 1.29 is 0 Å². The Morgan fingerprint density at radius 2 is 1.87 bits per heavy atom. The number of benzene rings is 1. The highest BCUT2D eigenvalue weighted by molar-refractivity contribution is 5.78. The van der Waals surface area contributed by atoms with Crippen molar-refractivity contribution in [2.45, 2.75) is 13.8 Å². The third kappa shape index (κ3) is 1.91. The van der Waals surface area contributed by atoms with Gasteiger partial charge in [0.05, 0.1) is 5.52 Å². The average molecular weight is 201 g/mol. The van der Waals surface area contributed by atoms with Gasteiger partial charge in [0.15, 0.2) is 0 Å². The van der Waals surface area contributed by atoms with Gasteiger partial charge in [-0.25, -0.2) is 9.97 Å². The molecule has 0 saturated heterocycles. The highest BCUT2D eigenvalue weighted by Crippen LogP contribution is 2.14. The number of anilines is 1. The van der Waals surface area contributed by atoms with Gasteiger partial charge in [-0.2, -0.15) is 0 Å². The fourth-order valence-electron chi connectivity index (χ4n) is 1.62. The third-order valence-electron chi connectivity index (χ3n) is 2.52. The molecule has 78 valence electrons. The lowest BCUT2D eigenvalue weighted by molar-refractivity contribution is 0.826. The Balaban J connectivity index is 2.46. The number of fused-ring (bicyclic) bond motifs is 1. The molecule has 1 aromatic heterocycles. The average Bonchev–Trinajstić information content (AvgIpc) is 2.30. The minimum atomic E-state index is 0.818. The van der Waals surface area contributed by atoms with Crippen LogP contribution >= 0.6 is 0 Å². The zero-order valence-electron chi connectivity index (χ0n) is 9.14. The summed E-state index contributed by atoms with van der Waals surface area (Å²) < 4.78 is 0. The molecule has 0 amide bonds. The zero-order chi connectivity index (χ0) is 10.7. The van der Waals surface area contributed by atoms with Crippen molar-refractivity contribution in [3.8, 4) is 0 Å². The van der Waals surface area contributed by atoms with Gasteiger partial charge in [0.25, 0.3) is 0 Å². The Kier molecular flexibility index (Phi) is 2.81. The number of nitrogens with zero attached hydrogens (tertiary/aromatic N) is 3. The number of para-hydroxylation sites is 1. The number of rotatable bonds is 3. The van der Waals surface area contributed by atoms with Crippen molar-refractivity contribution in [1.29, 1.82) is 0 Å². The van der Waals surface area contributed by atoms with E-state index in [0.717, 1.165) is 29.9 Å². The van der Waals surface area contributed by atoms with E-state index in [4.69, 9.17) is 0 Å². The summed E-state index contributed by atoms with van der Waals surface area (Å²) in [7, 11) is 0. The number of aromatic nitrogens is 2. The Morgan fingerprint density at radius 1 is 1.13 bits per heavy atom. The van der Waals surface area contributed by atoms with Gasteiger partial charge in [-0.1, -0.05) is 18.2 Å². The van der Waals surface area contributed by atoms with Crippen molar-refractivity contribution in [1.82, 2.24) is 9.97 Å². The molecule has 0 aliphatic carbocycles. The van der Waals surface area contributed by atoms with Crippen LogP contribution in [0.5, 0.6) is 0 Å². The summed E-state index contributed by atoms with van der Waals surface area (Å²) >= 11 is 0. The van der Waals surface area contributed by atoms with Crippen LogP contribution in [0, 0.1) is 0 Å². The predicted molar refractivity (Wildman–Crippen MR) is 63.1 cm³/mol. The van der Waals surface area contributed by atoms with Crippen LogP contribution in [0.1, 0.15) is 13.8 Å². The third-order valence-corrected chi connectivity index (χ3v) is 2.52. The molecule has 3 heteroatoms. The molecule has 1 aromatic carbocycles. The second kappa shape index (κ2) is 4.26. The second-order valence-electron chi connectivity index (χ2n) is 3.40. The van der Waals surface area contributed by atoms with Crippen molar-refractivity contribution in [3.05, 3.63) is 30.5 Å². The topological polar surface area (TPSA) is 29.0 Å². The first kappa shape index (κ1) is 9.90. The molecule has 0 aliphatic heterocycles. The van der Waals surface area contributed by atoms with Gasteiger partial charge in [0.1, 0.15) is 0 Å². The Labute approximate surface area is 89.8 Å². The monoisotopic (exact) mass is 201 g/mol. The Bertz CT molecular complexity index is 449. The van der Waals surface area contributed by atoms with E-state index in [-0.39, 0.29) is 0 Å². The van der Waals surface area contributed by atoms with E-state index in [9.17, 15) is 0 Å². The second-order valence-corrected chi connectivity index (χ2v) is 3.40. The molecule has 0 unspecified atom stereocenters. The zero-order valence-corrected chi connectivity index (χ0v) is 9.14. The van der Waals surface area contributed by atoms with Crippen LogP contribution in [0.4, 0.5) is 5.95 Å². The SMILES string of the molecule is CCN(CC)c1ncc2ccccc2n1. The van der Waals surface area contributed by atoms with Crippen molar-refractivity contribution in [3.63, 3.8) is 0 Å². The molecule has 0 radical (unpaired) electrons. The quantitative estimate of drug-likeness (QED) is 0.764. The van der Waals surface area contributed by atoms with Gasteiger partial charge in [-0.15, -0.1) is 0 Å². The van der Waals surface area contributed by atoms with Crippen LogP contribution < -0.4 is 4.90 Å². The summed E-state index contributed by atoms with van der Waals surface area (Å²) in [6.07, 6.45) is 1.88. The molecule has 0 aliphatic rings. The maximum atomic E-state index is 4.53. The fraction of sp³-hybridized carbons (Fsp3) is 0.333. The van der Waals surface area contributed by atoms with Crippen molar-refractivity contribution >= 4 is 16.9 Å². The fourth-order valence-corrected chi connectivity index (χ4v) is 1.62. The molecule has 0 bridgehead atoms. The lowest BCUT2D eigenvalue weighted by Gasteiger charge is -2.18. The summed E-state index contributed by atoms with van der Waals surface area (Å²) in [4.78, 5) is 11.0. The molecule has 3 nitrogen and oxygen atoms in total. The molecule has 0 fully saturated rings. The highest BCUT2D eigenvalue weighted by atomic mass is 15.2. The van der Waals surface area contributed by atoms with Gasteiger partial charge < -0.3 is 4.90 Å². The molecule has 0 saturated carbocycles. The molecular weight excluding hydrogens is 186 g/mol. The summed E-state index contributed by atoms with van der Waals surface area (Å²) in [5.41, 5.74) is 1.01. The lowest BCUT2D eigenvalue weighted by atomic mass is 10.2. The first-order valence-electron chi connectivity index (χ1n) is 5.32. The van der Waals surface area contributed by atoms with Crippen LogP contribution in [0.3, 0.4) is 0 Å². The van der Waals surface area contributed by atoms with E-state index in [0.29, 0.717) is 0 Å². The van der Waals surface area contributed by atoms with E-state index in [1.165, 1.54) is 0 Å². The molecule has 2 aromatic rings. The van der Waals surface area contributed by atoms with Crippen molar-refractivity contribution in [2.75, 3.05) is 18.0 Å². The first-order chi connectivity index (χ1) is 7.35. The smallest absolute Gasteiger partial charge is 0.225 e. The van der Waals surface area contributed by atoms with Gasteiger partial charge in [0.2, 0.25) is 5.95 Å². The molecule has 0 atom stereocenters. The van der Waals surface area contributed by atoms with Crippen LogP contribution in [0.15, 0.2) is 30.5 Å². The van der Waals surface area contributed by atoms with Gasteiger partial charge >= 0.3 is 0 Å². The maximum Gasteiger partial charge on any atom is 0.225 e. The number of hydrogen-bond donors (Lipinski definition) is 0. The maximum absolute atomic E-state index is 4.53. The lowest BCUT2D eigenvalue weighted by Crippen LogP contribution is -2.23. The van der Waals surface area contributed by atoms with E-state index in [2.05, 4.69) is 28.7 Å². The minimum Gasteiger partial charge on any atom is -0.341 e. The normalized spacial score (nSPS) is 10.5. The molecule has 0 N–H and O–H groups in total. The van der Waals surface area contributed by atoms with E-state index < -0.39 is 0 Å². The number of hydrogen-bond acceptors (Lipinski definition) is 3. The Hall–Kier alpha value is -1.64. The molecule has 1 heterocycles.